The molecule has 0 saturated heterocycles. The maximum absolute atomic E-state index is 8.94. The van der Waals surface area contributed by atoms with Gasteiger partial charge in [0.05, 0.1) is 5.76 Å². The molecular formula is C19H32O. The molecule has 0 unspecified atom stereocenters. The van der Waals surface area contributed by atoms with Gasteiger partial charge in [0.15, 0.2) is 0 Å². The van der Waals surface area contributed by atoms with E-state index in [1.165, 1.54) is 32.1 Å². The second-order valence-electron chi connectivity index (χ2n) is 5.17. The number of aliphatic hydroxyl groups excluding tert-OH is 1. The molecule has 0 bridgehead atoms. The Morgan fingerprint density at radius 1 is 0.800 bits per heavy atom. The van der Waals surface area contributed by atoms with Crippen molar-refractivity contribution >= 4 is 0 Å². The van der Waals surface area contributed by atoms with Crippen LogP contribution in [0.2, 0.25) is 0 Å². The maximum atomic E-state index is 8.94. The summed E-state index contributed by atoms with van der Waals surface area (Å²) in [4.78, 5) is 0. The topological polar surface area (TPSA) is 20.2 Å². The molecule has 1 nitrogen and oxygen atoms in total. The van der Waals surface area contributed by atoms with Crippen LogP contribution in [0.25, 0.3) is 0 Å². The highest BCUT2D eigenvalue weighted by molar-refractivity contribution is 4.96. The van der Waals surface area contributed by atoms with Crippen molar-refractivity contribution in [2.24, 2.45) is 0 Å². The lowest BCUT2D eigenvalue weighted by atomic mass is 10.1. The van der Waals surface area contributed by atoms with Gasteiger partial charge in [-0.15, -0.1) is 0 Å². The second kappa shape index (κ2) is 15.8. The average molecular weight is 276 g/mol. The Hall–Kier alpha value is -1.24. The van der Waals surface area contributed by atoms with E-state index >= 15 is 0 Å². The molecule has 0 rings (SSSR count). The molecule has 0 aliphatic carbocycles. The molecule has 0 heterocycles. The number of aliphatic hydroxyl groups is 1. The summed E-state index contributed by atoms with van der Waals surface area (Å²) in [5.41, 5.74) is 0. The minimum absolute atomic E-state index is 0.325. The highest BCUT2D eigenvalue weighted by Gasteiger charge is 1.91. The Morgan fingerprint density at radius 3 is 2.00 bits per heavy atom. The lowest BCUT2D eigenvalue weighted by Crippen LogP contribution is -1.81. The second-order valence-corrected chi connectivity index (χ2v) is 5.17. The fourth-order valence-electron chi connectivity index (χ4n) is 1.95. The largest absolute Gasteiger partial charge is 0.513 e. The lowest BCUT2D eigenvalue weighted by molar-refractivity contribution is 0.383. The van der Waals surface area contributed by atoms with Gasteiger partial charge in [0.2, 0.25) is 0 Å². The summed E-state index contributed by atoms with van der Waals surface area (Å²) in [6.07, 6.45) is 24.7. The predicted molar refractivity (Wildman–Crippen MR) is 91.0 cm³/mol. The third-order valence-corrected chi connectivity index (χ3v) is 3.12. The van der Waals surface area contributed by atoms with E-state index in [1.54, 1.807) is 0 Å². The number of hydrogen-bond acceptors (Lipinski definition) is 1. The maximum Gasteiger partial charge on any atom is 0.0851 e. The van der Waals surface area contributed by atoms with E-state index in [2.05, 4.69) is 50.0 Å². The van der Waals surface area contributed by atoms with Gasteiger partial charge in [0, 0.05) is 6.42 Å². The van der Waals surface area contributed by atoms with Gasteiger partial charge in [-0.1, -0.05) is 69.2 Å². The van der Waals surface area contributed by atoms with Crippen molar-refractivity contribution < 1.29 is 5.11 Å². The SMILES string of the molecule is C=C(O)CCCCCCC/C=C\C/C=C\C/C=C\CC. The molecule has 0 aliphatic heterocycles. The van der Waals surface area contributed by atoms with E-state index in [1.807, 2.05) is 0 Å². The molecular weight excluding hydrogens is 244 g/mol. The molecule has 0 aliphatic rings. The van der Waals surface area contributed by atoms with Crippen molar-refractivity contribution in [3.8, 4) is 0 Å². The number of rotatable bonds is 13. The van der Waals surface area contributed by atoms with Crippen LogP contribution in [0.1, 0.15) is 71.1 Å². The Balaban J connectivity index is 3.23. The van der Waals surface area contributed by atoms with Crippen molar-refractivity contribution in [2.75, 3.05) is 0 Å². The molecule has 114 valence electrons. The summed E-state index contributed by atoms with van der Waals surface area (Å²) in [6.45, 7) is 5.65. The zero-order valence-corrected chi connectivity index (χ0v) is 13.2. The van der Waals surface area contributed by atoms with Crippen LogP contribution >= 0.6 is 0 Å². The molecule has 0 spiro atoms. The minimum Gasteiger partial charge on any atom is -0.513 e. The van der Waals surface area contributed by atoms with Crippen LogP contribution in [0.5, 0.6) is 0 Å². The third-order valence-electron chi connectivity index (χ3n) is 3.12. The monoisotopic (exact) mass is 276 g/mol. The summed E-state index contributed by atoms with van der Waals surface area (Å²) in [5, 5.41) is 8.94. The van der Waals surface area contributed by atoms with Crippen molar-refractivity contribution in [1.82, 2.24) is 0 Å². The van der Waals surface area contributed by atoms with Gasteiger partial charge in [0.25, 0.3) is 0 Å². The Bertz CT molecular complexity index is 297. The van der Waals surface area contributed by atoms with Crippen LogP contribution in [-0.4, -0.2) is 5.11 Å². The first-order valence-corrected chi connectivity index (χ1v) is 8.09. The first-order chi connectivity index (χ1) is 9.77. The summed E-state index contributed by atoms with van der Waals surface area (Å²) in [5.74, 6) is 0.325. The summed E-state index contributed by atoms with van der Waals surface area (Å²) >= 11 is 0. The molecule has 0 fully saturated rings. The number of unbranched alkanes of at least 4 members (excludes halogenated alkanes) is 5. The first-order valence-electron chi connectivity index (χ1n) is 8.09. The molecule has 1 heteroatoms. The van der Waals surface area contributed by atoms with Gasteiger partial charge in [-0.25, -0.2) is 0 Å². The van der Waals surface area contributed by atoms with Crippen LogP contribution in [0.3, 0.4) is 0 Å². The molecule has 0 atom stereocenters. The fraction of sp³-hybridized carbons (Fsp3) is 0.579. The molecule has 0 aromatic heterocycles. The quantitative estimate of drug-likeness (QED) is 0.227. The molecule has 20 heavy (non-hydrogen) atoms. The zero-order chi connectivity index (χ0) is 14.9. The Kier molecular flexibility index (Phi) is 14.8. The summed E-state index contributed by atoms with van der Waals surface area (Å²) < 4.78 is 0. The van der Waals surface area contributed by atoms with Crippen LogP contribution in [0.4, 0.5) is 0 Å². The minimum atomic E-state index is 0.325. The van der Waals surface area contributed by atoms with Crippen LogP contribution in [0, 0.1) is 0 Å². The number of hydrogen-bond donors (Lipinski definition) is 1. The summed E-state index contributed by atoms with van der Waals surface area (Å²) in [6, 6.07) is 0. The van der Waals surface area contributed by atoms with Crippen molar-refractivity contribution in [1.29, 1.82) is 0 Å². The van der Waals surface area contributed by atoms with Gasteiger partial charge in [-0.3, -0.25) is 0 Å². The normalized spacial score (nSPS) is 12.1. The van der Waals surface area contributed by atoms with Gasteiger partial charge in [0.1, 0.15) is 0 Å². The number of allylic oxidation sites excluding steroid dienone is 7. The molecule has 0 saturated carbocycles. The van der Waals surface area contributed by atoms with Crippen molar-refractivity contribution in [3.63, 3.8) is 0 Å². The van der Waals surface area contributed by atoms with Crippen molar-refractivity contribution in [3.05, 3.63) is 48.8 Å². The fourth-order valence-corrected chi connectivity index (χ4v) is 1.95. The van der Waals surface area contributed by atoms with E-state index in [0.717, 1.165) is 32.1 Å². The van der Waals surface area contributed by atoms with E-state index in [0.29, 0.717) is 5.76 Å². The molecule has 0 aromatic rings. The molecule has 0 radical (unpaired) electrons. The van der Waals surface area contributed by atoms with E-state index in [-0.39, 0.29) is 0 Å². The zero-order valence-electron chi connectivity index (χ0n) is 13.2. The van der Waals surface area contributed by atoms with Crippen molar-refractivity contribution in [2.45, 2.75) is 71.1 Å². The molecule has 1 N–H and O–H groups in total. The van der Waals surface area contributed by atoms with E-state index in [4.69, 9.17) is 5.11 Å². The van der Waals surface area contributed by atoms with E-state index in [9.17, 15) is 0 Å². The lowest BCUT2D eigenvalue weighted by Gasteiger charge is -1.99. The third kappa shape index (κ3) is 16.8. The van der Waals surface area contributed by atoms with Crippen LogP contribution < -0.4 is 0 Å². The molecule has 0 aromatic carbocycles. The Morgan fingerprint density at radius 2 is 1.35 bits per heavy atom. The van der Waals surface area contributed by atoms with Gasteiger partial charge < -0.3 is 5.11 Å². The Labute approximate surface area is 125 Å². The van der Waals surface area contributed by atoms with E-state index < -0.39 is 0 Å². The smallest absolute Gasteiger partial charge is 0.0851 e. The summed E-state index contributed by atoms with van der Waals surface area (Å²) in [7, 11) is 0. The standard InChI is InChI=1S/C19H32O/c1-3-4-5-6-7-8-9-10-11-12-13-14-15-16-17-18-19(2)20/h4-5,7-8,10-11,20H,2-3,6,9,12-18H2,1H3/b5-4-,8-7-,11-10-. The average Bonchev–Trinajstić information content (AvgIpc) is 2.43. The first kappa shape index (κ1) is 18.8. The highest BCUT2D eigenvalue weighted by atomic mass is 16.3. The highest BCUT2D eigenvalue weighted by Crippen LogP contribution is 2.09. The van der Waals surface area contributed by atoms with Crippen LogP contribution in [-0.2, 0) is 0 Å². The predicted octanol–water partition coefficient (Wildman–Crippen LogP) is 6.65. The van der Waals surface area contributed by atoms with Gasteiger partial charge in [-0.2, -0.15) is 0 Å². The molecule has 0 amide bonds. The van der Waals surface area contributed by atoms with Crippen LogP contribution in [0.15, 0.2) is 48.8 Å². The van der Waals surface area contributed by atoms with Gasteiger partial charge >= 0.3 is 0 Å². The van der Waals surface area contributed by atoms with Gasteiger partial charge in [-0.05, 0) is 38.5 Å².